The first-order chi connectivity index (χ1) is 14.7. The third-order valence-electron chi connectivity index (χ3n) is 4.94. The second-order valence-electron chi connectivity index (χ2n) is 6.73. The van der Waals surface area contributed by atoms with Gasteiger partial charge in [-0.15, -0.1) is 0 Å². The maximum absolute atomic E-state index is 13.0. The molecule has 0 fully saturated rings. The van der Waals surface area contributed by atoms with E-state index in [9.17, 15) is 4.79 Å². The summed E-state index contributed by atoms with van der Waals surface area (Å²) in [5.41, 5.74) is 3.09. The maximum atomic E-state index is 13.0. The van der Waals surface area contributed by atoms with Crippen molar-refractivity contribution in [3.8, 4) is 22.8 Å². The van der Waals surface area contributed by atoms with Crippen molar-refractivity contribution in [2.24, 2.45) is 0 Å². The van der Waals surface area contributed by atoms with Crippen LogP contribution >= 0.6 is 23.4 Å². The van der Waals surface area contributed by atoms with Crippen LogP contribution in [0.1, 0.15) is 17.3 Å². The number of nitrogens with zero attached hydrogens (tertiary/aromatic N) is 3. The third-order valence-corrected chi connectivity index (χ3v) is 6.39. The van der Waals surface area contributed by atoms with E-state index in [0.717, 1.165) is 21.0 Å². The Morgan fingerprint density at radius 1 is 1.00 bits per heavy atom. The number of fused-ring (bicyclic) bond motifs is 2. The summed E-state index contributed by atoms with van der Waals surface area (Å²) in [6.45, 7) is 2.56. The van der Waals surface area contributed by atoms with E-state index < -0.39 is 0 Å². The van der Waals surface area contributed by atoms with E-state index in [-0.39, 0.29) is 5.91 Å². The zero-order valence-corrected chi connectivity index (χ0v) is 17.6. The second kappa shape index (κ2) is 7.63. The number of anilines is 1. The van der Waals surface area contributed by atoms with Gasteiger partial charge < -0.3 is 9.42 Å². The summed E-state index contributed by atoms with van der Waals surface area (Å²) >= 11 is 7.82. The molecular formula is C23H16ClN3O2S. The van der Waals surface area contributed by atoms with Gasteiger partial charge in [-0.2, -0.15) is 4.98 Å². The van der Waals surface area contributed by atoms with Gasteiger partial charge in [-0.25, -0.2) is 0 Å². The van der Waals surface area contributed by atoms with Crippen molar-refractivity contribution in [1.29, 1.82) is 0 Å². The largest absolute Gasteiger partial charge is 0.334 e. The Kier molecular flexibility index (Phi) is 4.81. The Labute approximate surface area is 182 Å². The number of hydrogen-bond donors (Lipinski definition) is 0. The second-order valence-corrected chi connectivity index (χ2v) is 8.22. The predicted molar refractivity (Wildman–Crippen MR) is 118 cm³/mol. The van der Waals surface area contributed by atoms with Crippen molar-refractivity contribution in [2.75, 3.05) is 11.4 Å². The molecule has 30 heavy (non-hydrogen) atoms. The van der Waals surface area contributed by atoms with E-state index >= 15 is 0 Å². The van der Waals surface area contributed by atoms with Crippen molar-refractivity contribution >= 4 is 35.0 Å². The molecule has 1 amide bonds. The van der Waals surface area contributed by atoms with E-state index in [4.69, 9.17) is 16.1 Å². The number of carbonyl (C=O) groups excluding carboxylic acids is 1. The molecule has 1 aromatic heterocycles. The minimum absolute atomic E-state index is 0.00710. The minimum atomic E-state index is 0.00710. The lowest BCUT2D eigenvalue weighted by Crippen LogP contribution is -2.30. The number of halogens is 1. The molecule has 3 aromatic carbocycles. The SMILES string of the molecule is CCN1C(=O)c2ccccc2Sc2cc(-c3noc(-c4ccccc4Cl)n3)ccc21. The summed E-state index contributed by atoms with van der Waals surface area (Å²) in [7, 11) is 0. The Balaban J connectivity index is 1.58. The summed E-state index contributed by atoms with van der Waals surface area (Å²) in [6.07, 6.45) is 0. The van der Waals surface area contributed by atoms with Gasteiger partial charge in [0.2, 0.25) is 5.82 Å². The lowest BCUT2D eigenvalue weighted by Gasteiger charge is -2.21. The highest BCUT2D eigenvalue weighted by Gasteiger charge is 2.26. The molecule has 5 nitrogen and oxygen atoms in total. The number of amides is 1. The first-order valence-corrected chi connectivity index (χ1v) is 10.7. The maximum Gasteiger partial charge on any atom is 0.259 e. The number of aromatic nitrogens is 2. The average Bonchev–Trinajstić information content (AvgIpc) is 3.21. The highest BCUT2D eigenvalue weighted by molar-refractivity contribution is 7.99. The van der Waals surface area contributed by atoms with Crippen LogP contribution in [0.3, 0.4) is 0 Å². The Hall–Kier alpha value is -3.09. The molecule has 0 bridgehead atoms. The molecule has 0 aliphatic carbocycles. The van der Waals surface area contributed by atoms with Crippen molar-refractivity contribution in [1.82, 2.24) is 10.1 Å². The fourth-order valence-corrected chi connectivity index (χ4v) is 4.80. The molecule has 0 radical (unpaired) electrons. The van der Waals surface area contributed by atoms with Crippen LogP contribution in [0.15, 0.2) is 81.0 Å². The smallest absolute Gasteiger partial charge is 0.259 e. The van der Waals surface area contributed by atoms with Crippen molar-refractivity contribution < 1.29 is 9.32 Å². The third kappa shape index (κ3) is 3.18. The first-order valence-electron chi connectivity index (χ1n) is 9.47. The molecular weight excluding hydrogens is 418 g/mol. The van der Waals surface area contributed by atoms with E-state index in [0.29, 0.717) is 34.4 Å². The monoisotopic (exact) mass is 433 g/mol. The number of benzene rings is 3. The van der Waals surface area contributed by atoms with Gasteiger partial charge in [-0.3, -0.25) is 4.79 Å². The highest BCUT2D eigenvalue weighted by Crippen LogP contribution is 2.43. The number of carbonyl (C=O) groups is 1. The Bertz CT molecular complexity index is 1270. The van der Waals surface area contributed by atoms with Crippen LogP contribution in [0, 0.1) is 0 Å². The van der Waals surface area contributed by atoms with Gasteiger partial charge in [-0.05, 0) is 49.4 Å². The Morgan fingerprint density at radius 3 is 2.57 bits per heavy atom. The fraction of sp³-hybridized carbons (Fsp3) is 0.0870. The van der Waals surface area contributed by atoms with Crippen LogP contribution in [-0.2, 0) is 0 Å². The summed E-state index contributed by atoms with van der Waals surface area (Å²) in [5.74, 6) is 0.849. The van der Waals surface area contributed by atoms with Crippen LogP contribution in [-0.4, -0.2) is 22.6 Å². The minimum Gasteiger partial charge on any atom is -0.334 e. The molecule has 1 aliphatic rings. The first kappa shape index (κ1) is 18.9. The van der Waals surface area contributed by atoms with Crippen LogP contribution in [0.25, 0.3) is 22.8 Å². The Morgan fingerprint density at radius 2 is 1.77 bits per heavy atom. The summed E-state index contributed by atoms with van der Waals surface area (Å²) in [5, 5.41) is 4.69. The van der Waals surface area contributed by atoms with Gasteiger partial charge in [0.25, 0.3) is 11.8 Å². The van der Waals surface area contributed by atoms with Gasteiger partial charge in [-0.1, -0.05) is 52.8 Å². The molecule has 0 saturated heterocycles. The van der Waals surface area contributed by atoms with Gasteiger partial charge in [0, 0.05) is 21.9 Å². The highest BCUT2D eigenvalue weighted by atomic mass is 35.5. The molecule has 0 spiro atoms. The van der Waals surface area contributed by atoms with E-state index in [1.165, 1.54) is 0 Å². The zero-order valence-electron chi connectivity index (χ0n) is 16.0. The van der Waals surface area contributed by atoms with Crippen molar-refractivity contribution in [3.63, 3.8) is 0 Å². The average molecular weight is 434 g/mol. The van der Waals surface area contributed by atoms with Gasteiger partial charge in [0.15, 0.2) is 0 Å². The molecule has 148 valence electrons. The normalized spacial score (nSPS) is 13.0. The fourth-order valence-electron chi connectivity index (χ4n) is 3.46. The van der Waals surface area contributed by atoms with Crippen LogP contribution in [0.2, 0.25) is 5.02 Å². The number of rotatable bonds is 3. The molecule has 5 rings (SSSR count). The van der Waals surface area contributed by atoms with E-state index in [2.05, 4.69) is 10.1 Å². The van der Waals surface area contributed by atoms with Crippen LogP contribution in [0.5, 0.6) is 0 Å². The molecule has 0 N–H and O–H groups in total. The van der Waals surface area contributed by atoms with Crippen LogP contribution in [0.4, 0.5) is 5.69 Å². The van der Waals surface area contributed by atoms with Gasteiger partial charge in [0.05, 0.1) is 21.8 Å². The summed E-state index contributed by atoms with van der Waals surface area (Å²) < 4.78 is 5.45. The lowest BCUT2D eigenvalue weighted by molar-refractivity contribution is 0.0985. The van der Waals surface area contributed by atoms with Crippen molar-refractivity contribution in [3.05, 3.63) is 77.3 Å². The van der Waals surface area contributed by atoms with Gasteiger partial charge in [0.1, 0.15) is 0 Å². The molecule has 0 saturated carbocycles. The molecule has 0 unspecified atom stereocenters. The number of hydrogen-bond acceptors (Lipinski definition) is 5. The van der Waals surface area contributed by atoms with Crippen molar-refractivity contribution in [2.45, 2.75) is 16.7 Å². The lowest BCUT2D eigenvalue weighted by atomic mass is 10.1. The molecule has 0 atom stereocenters. The molecule has 7 heteroatoms. The van der Waals surface area contributed by atoms with E-state index in [1.807, 2.05) is 67.6 Å². The summed E-state index contributed by atoms with van der Waals surface area (Å²) in [4.78, 5) is 21.3. The standard InChI is InChI=1S/C23H16ClN3O2S/c1-2-27-18-12-11-14(13-20(18)30-19-10-6-4-8-16(19)23(27)28)21-25-22(29-26-21)15-7-3-5-9-17(15)24/h3-13H,2H2,1H3. The zero-order chi connectivity index (χ0) is 20.7. The van der Waals surface area contributed by atoms with E-state index in [1.54, 1.807) is 22.7 Å². The quantitative estimate of drug-likeness (QED) is 0.385. The van der Waals surface area contributed by atoms with Gasteiger partial charge >= 0.3 is 0 Å². The topological polar surface area (TPSA) is 59.2 Å². The van der Waals surface area contributed by atoms with Crippen LogP contribution < -0.4 is 4.90 Å². The molecule has 4 aromatic rings. The molecule has 1 aliphatic heterocycles. The predicted octanol–water partition coefficient (Wildman–Crippen LogP) is 6.19. The summed E-state index contributed by atoms with van der Waals surface area (Å²) in [6, 6.07) is 20.9. The molecule has 2 heterocycles.